The van der Waals surface area contributed by atoms with Crippen LogP contribution in [-0.2, 0) is 33.6 Å². The summed E-state index contributed by atoms with van der Waals surface area (Å²) < 4.78 is 58.5. The fraction of sp³-hybridized carbons (Fsp3) is 0.370. The minimum atomic E-state index is -1.67. The van der Waals surface area contributed by atoms with Gasteiger partial charge >= 0.3 is 30.4 Å². The Bertz CT molecular complexity index is 3650. The predicted molar refractivity (Wildman–Crippen MR) is 367 cm³/mol. The van der Waals surface area contributed by atoms with Crippen molar-refractivity contribution >= 4 is 91.0 Å². The minimum Gasteiger partial charge on any atom is -0.434 e. The van der Waals surface area contributed by atoms with Crippen LogP contribution in [0.5, 0.6) is 34.5 Å². The van der Waals surface area contributed by atoms with Crippen molar-refractivity contribution in [3.63, 3.8) is 0 Å². The second-order valence-electron chi connectivity index (χ2n) is 22.7. The van der Waals surface area contributed by atoms with Crippen molar-refractivity contribution in [2.45, 2.75) is 163 Å². The molecular weight excluding hydrogens is 1330 g/mol. The van der Waals surface area contributed by atoms with Crippen LogP contribution in [0.25, 0.3) is 4.85 Å². The van der Waals surface area contributed by atoms with Gasteiger partial charge in [-0.2, -0.15) is 0 Å². The third-order valence-corrected chi connectivity index (χ3v) is 19.0. The fourth-order valence-electron chi connectivity index (χ4n) is 12.1. The molecule has 0 saturated carbocycles. The number of hydrogen-bond acceptors (Lipinski definition) is 19. The highest BCUT2D eigenvalue weighted by molar-refractivity contribution is 8.26. The summed E-state index contributed by atoms with van der Waals surface area (Å²) in [5.74, 6) is -0.409. The van der Waals surface area contributed by atoms with Gasteiger partial charge in [-0.15, -0.1) is 0 Å². The molecule has 10 rings (SSSR count). The van der Waals surface area contributed by atoms with E-state index in [1.54, 1.807) is 0 Å². The third kappa shape index (κ3) is 18.6. The molecule has 0 fully saturated rings. The number of ether oxygens (including phenoxy) is 9. The summed E-state index contributed by atoms with van der Waals surface area (Å²) in [7, 11) is 7.36. The molecule has 0 N–H and O–H groups in total. The van der Waals surface area contributed by atoms with Gasteiger partial charge in [-0.3, -0.25) is 4.79 Å². The molecule has 6 aromatic rings. The Morgan fingerprint density at radius 3 is 1.20 bits per heavy atom. The molecule has 2 unspecified atom stereocenters. The average molecular weight is 1400 g/mol. The normalized spacial score (nSPS) is 15.1. The van der Waals surface area contributed by atoms with Crippen molar-refractivity contribution in [1.82, 2.24) is 0 Å². The van der Waals surface area contributed by atoms with E-state index in [9.17, 15) is 34.0 Å². The van der Waals surface area contributed by atoms with E-state index in [1.165, 1.54) is 111 Å². The Morgan fingerprint density at radius 1 is 0.521 bits per heavy atom. The number of thioether (sulfide) groups is 2. The highest BCUT2D eigenvalue weighted by Gasteiger charge is 2.71. The molecule has 0 radical (unpaired) electrons. The molecule has 0 aromatic heterocycles. The van der Waals surface area contributed by atoms with Crippen LogP contribution < -0.4 is 28.4 Å². The maximum absolute atomic E-state index is 14.4. The Hall–Kier alpha value is -8.31. The molecule has 18 nitrogen and oxygen atoms in total. The first-order chi connectivity index (χ1) is 46.7. The maximum atomic E-state index is 14.4. The Morgan fingerprint density at radius 2 is 0.854 bits per heavy atom. The van der Waals surface area contributed by atoms with Crippen LogP contribution in [0.15, 0.2) is 141 Å². The van der Waals surface area contributed by atoms with E-state index in [1.807, 2.05) is 30.3 Å². The summed E-state index contributed by atoms with van der Waals surface area (Å²) in [5.41, 5.74) is 5.31. The van der Waals surface area contributed by atoms with Crippen LogP contribution >= 0.6 is 44.9 Å². The van der Waals surface area contributed by atoms with Gasteiger partial charge in [-0.1, -0.05) is 189 Å². The number of esters is 2. The summed E-state index contributed by atoms with van der Waals surface area (Å²) in [6.45, 7) is 15.6. The predicted octanol–water partition coefficient (Wildman–Crippen LogP) is 19.7. The van der Waals surface area contributed by atoms with Gasteiger partial charge in [0.05, 0.1) is 57.6 Å². The van der Waals surface area contributed by atoms with E-state index in [-0.39, 0.29) is 64.9 Å². The van der Waals surface area contributed by atoms with E-state index < -0.39 is 45.0 Å². The molecule has 4 aliphatic rings. The number of allylic oxidation sites excluding steroid dienone is 1. The molecule has 2 atom stereocenters. The topological polar surface area (TPSA) is 231 Å². The summed E-state index contributed by atoms with van der Waals surface area (Å²) in [5, 5.41) is 10.1. The standard InChI is InChI=1S/C57H52N2O10S2.C16H22O5.Cl2OS/c1-4-6-8-10-12-18-32-64-55(62)66-37-28-24-35(25-29-37)52(60)68-48-44-45(47-40-21-15-17-23-42(40)57(47)41-22-16-14-20-39(41)46(44)57)49(51-50(48)70-54(71-51)43(34-58)59-3)69-53(61)36-26-30-38(31-27-36)67-56(63)65-33-19-13-11-9-7-5-2;1-2-3-4-5-6-7-12-19-16(18)21-15-10-8-14(9-11-15)20-13-17;1-4(2)3/h14-17,20-31,46-47H,4-13,18-19,32-33H2,1-2H3;8-11,13H,2-7,12H2,1H3;. The number of nitrogens with zero attached hydrogens (tertiary/aromatic N) is 2. The molecule has 1 spiro atoms. The van der Waals surface area contributed by atoms with Gasteiger partial charge in [0.1, 0.15) is 23.0 Å². The monoisotopic (exact) mass is 1400 g/mol. The molecule has 0 saturated heterocycles. The fourth-order valence-corrected chi connectivity index (χ4v) is 14.6. The van der Waals surface area contributed by atoms with Gasteiger partial charge in [0, 0.05) is 49.7 Å². The molecule has 0 amide bonds. The molecule has 504 valence electrons. The van der Waals surface area contributed by atoms with Crippen LogP contribution in [0.3, 0.4) is 0 Å². The van der Waals surface area contributed by atoms with Gasteiger partial charge < -0.3 is 42.6 Å². The lowest BCUT2D eigenvalue weighted by Crippen LogP contribution is -2.52. The lowest BCUT2D eigenvalue weighted by Gasteiger charge is -2.58. The van der Waals surface area contributed by atoms with E-state index in [4.69, 9.17) is 48.7 Å². The summed E-state index contributed by atoms with van der Waals surface area (Å²) in [6, 6.07) is 36.5. The Kier molecular flexibility index (Phi) is 28.5. The molecule has 23 heteroatoms. The molecule has 0 bridgehead atoms. The summed E-state index contributed by atoms with van der Waals surface area (Å²) in [4.78, 5) is 79.8. The lowest BCUT2D eigenvalue weighted by atomic mass is 9.43. The first-order valence-corrected chi connectivity index (χ1v) is 36.6. The van der Waals surface area contributed by atoms with Crippen molar-refractivity contribution in [2.24, 2.45) is 0 Å². The van der Waals surface area contributed by atoms with E-state index in [2.05, 4.69) is 76.0 Å². The molecule has 1 aliphatic heterocycles. The van der Waals surface area contributed by atoms with Crippen molar-refractivity contribution in [2.75, 3.05) is 19.8 Å². The van der Waals surface area contributed by atoms with Crippen molar-refractivity contribution in [3.8, 4) is 40.6 Å². The van der Waals surface area contributed by atoms with Gasteiger partial charge in [0.25, 0.3) is 12.2 Å². The molecule has 96 heavy (non-hydrogen) atoms. The van der Waals surface area contributed by atoms with Gasteiger partial charge in [-0.25, -0.2) is 38.3 Å². The second-order valence-corrected chi connectivity index (χ2v) is 27.5. The number of hydrogen-bond donors (Lipinski definition) is 0. The van der Waals surface area contributed by atoms with Crippen LogP contribution in [0.4, 0.5) is 14.4 Å². The van der Waals surface area contributed by atoms with E-state index in [0.29, 0.717) is 49.7 Å². The number of halogens is 2. The van der Waals surface area contributed by atoms with E-state index >= 15 is 0 Å². The van der Waals surface area contributed by atoms with Crippen LogP contribution in [-0.4, -0.2) is 60.9 Å². The third-order valence-electron chi connectivity index (χ3n) is 16.5. The summed E-state index contributed by atoms with van der Waals surface area (Å²) in [6.07, 6.45) is 17.0. The van der Waals surface area contributed by atoms with Crippen LogP contribution in [0, 0.1) is 17.9 Å². The summed E-state index contributed by atoms with van der Waals surface area (Å²) >= 11 is 2.24. The largest absolute Gasteiger partial charge is 0.513 e. The van der Waals surface area contributed by atoms with Gasteiger partial charge in [0.15, 0.2) is 11.5 Å². The van der Waals surface area contributed by atoms with Gasteiger partial charge in [0.2, 0.25) is 9.23 Å². The molecule has 6 aromatic carbocycles. The van der Waals surface area contributed by atoms with Crippen molar-refractivity contribution in [1.29, 1.82) is 5.26 Å². The zero-order valence-corrected chi connectivity index (χ0v) is 57.5. The highest BCUT2D eigenvalue weighted by atomic mass is 36.0. The van der Waals surface area contributed by atoms with E-state index in [0.717, 1.165) is 123 Å². The highest BCUT2D eigenvalue weighted by Crippen LogP contribution is 2.81. The van der Waals surface area contributed by atoms with Crippen LogP contribution in [0.2, 0.25) is 0 Å². The maximum Gasteiger partial charge on any atom is 0.513 e. The number of unbranched alkanes of at least 4 members (excludes halogenated alkanes) is 15. The first kappa shape index (κ1) is 73.5. The van der Waals surface area contributed by atoms with Gasteiger partial charge in [-0.05, 0) is 114 Å². The quantitative estimate of drug-likeness (QED) is 0.00469. The zero-order chi connectivity index (χ0) is 68.4. The number of carbonyl (C=O) groups is 6. The number of nitriles is 1. The van der Waals surface area contributed by atoms with Crippen molar-refractivity contribution < 1.29 is 75.6 Å². The molecule has 3 aliphatic carbocycles. The average Bonchev–Trinajstić information content (AvgIpc) is 1.43. The zero-order valence-electron chi connectivity index (χ0n) is 53.5. The number of rotatable bonds is 30. The minimum absolute atomic E-state index is 0.162. The molecular formula is C73H74Cl2N2O16S3. The smallest absolute Gasteiger partial charge is 0.434 e. The SMILES string of the molecule is CCCCCCCCOC(=O)Oc1ccc(OC=O)cc1.O=S(Cl)Cl.[C-]#[N+]C(C#N)=C1Sc2c(OC(=O)c3ccc(OC(=O)OCCCCCCCC)cc3)c3c(c(OC(=O)c4ccc(OC(=O)OCCCCCCCC)cc4)c2S1)C1c2ccccc2C12c1ccccc1C32. The lowest BCUT2D eigenvalue weighted by molar-refractivity contribution is -0.120. The molecule has 1 heterocycles. The second kappa shape index (κ2) is 37.3. The first-order valence-electron chi connectivity index (χ1n) is 32.2. The van der Waals surface area contributed by atoms with Crippen molar-refractivity contribution in [3.05, 3.63) is 187 Å². The Balaban J connectivity index is 0.000000397. The number of fused-ring (bicyclic) bond motifs is 8. The van der Waals surface area contributed by atoms with Crippen LogP contribution in [0.1, 0.15) is 202 Å². The number of carbonyl (C=O) groups excluding carboxylic acids is 6. The Labute approximate surface area is 579 Å². The number of benzene rings is 6.